The summed E-state index contributed by atoms with van der Waals surface area (Å²) in [6.45, 7) is 5.12. The predicted octanol–water partition coefficient (Wildman–Crippen LogP) is 5.34. The van der Waals surface area contributed by atoms with Crippen molar-refractivity contribution in [1.82, 2.24) is 9.88 Å². The molecule has 1 fully saturated rings. The van der Waals surface area contributed by atoms with Crippen molar-refractivity contribution in [3.63, 3.8) is 0 Å². The highest BCUT2D eigenvalue weighted by Gasteiger charge is 2.38. The molecule has 3 aromatic rings. The van der Waals surface area contributed by atoms with E-state index in [2.05, 4.69) is 5.32 Å². The Hall–Kier alpha value is -4.14. The average Bonchev–Trinajstić information content (AvgIpc) is 3.08. The van der Waals surface area contributed by atoms with Gasteiger partial charge in [-0.2, -0.15) is 13.2 Å². The van der Waals surface area contributed by atoms with Gasteiger partial charge in [0.25, 0.3) is 11.8 Å². The third-order valence-corrected chi connectivity index (χ3v) is 5.94. The van der Waals surface area contributed by atoms with E-state index in [1.165, 1.54) is 28.8 Å². The van der Waals surface area contributed by atoms with Crippen molar-refractivity contribution in [2.45, 2.75) is 33.4 Å². The molecule has 1 saturated heterocycles. The standard InChI is InChI=1S/C26H22F3N3O3/c1-4-17-9-5-7-11-21(17)32-24(34)19(23(33)30-25(32)35)14-18-13-15(2)31(16(18)3)22-12-8-6-10-20(22)26(27,28)29/h5-14H,4H2,1-3H3,(H,30,33,35)/b19-14+. The van der Waals surface area contributed by atoms with E-state index in [1.807, 2.05) is 6.92 Å². The lowest BCUT2D eigenvalue weighted by molar-refractivity contribution is -0.137. The highest BCUT2D eigenvalue weighted by atomic mass is 19.4. The molecular weight excluding hydrogens is 459 g/mol. The van der Waals surface area contributed by atoms with Crippen molar-refractivity contribution in [3.8, 4) is 5.69 Å². The van der Waals surface area contributed by atoms with E-state index < -0.39 is 29.6 Å². The number of benzene rings is 2. The smallest absolute Gasteiger partial charge is 0.317 e. The Morgan fingerprint density at radius 2 is 1.57 bits per heavy atom. The van der Waals surface area contributed by atoms with Gasteiger partial charge in [0.2, 0.25) is 0 Å². The van der Waals surface area contributed by atoms with Crippen LogP contribution in [-0.2, 0) is 22.2 Å². The minimum atomic E-state index is -4.56. The van der Waals surface area contributed by atoms with Crippen LogP contribution in [0.2, 0.25) is 0 Å². The van der Waals surface area contributed by atoms with Crippen molar-refractivity contribution in [2.75, 3.05) is 4.90 Å². The van der Waals surface area contributed by atoms with Gasteiger partial charge in [-0.15, -0.1) is 0 Å². The van der Waals surface area contributed by atoms with Gasteiger partial charge in [-0.3, -0.25) is 14.9 Å². The number of carbonyl (C=O) groups is 3. The molecule has 0 saturated carbocycles. The number of alkyl halides is 3. The molecule has 4 amide bonds. The van der Waals surface area contributed by atoms with Crippen LogP contribution in [0.1, 0.15) is 35.0 Å². The number of carbonyl (C=O) groups excluding carboxylic acids is 3. The van der Waals surface area contributed by atoms with E-state index in [0.717, 1.165) is 16.5 Å². The van der Waals surface area contributed by atoms with Crippen molar-refractivity contribution in [1.29, 1.82) is 0 Å². The van der Waals surface area contributed by atoms with Crippen LogP contribution in [0.4, 0.5) is 23.7 Å². The van der Waals surface area contributed by atoms with Crippen molar-refractivity contribution in [3.05, 3.63) is 88.2 Å². The molecule has 1 N–H and O–H groups in total. The number of hydrogen-bond donors (Lipinski definition) is 1. The summed E-state index contributed by atoms with van der Waals surface area (Å²) in [6.07, 6.45) is -2.70. The lowest BCUT2D eigenvalue weighted by Gasteiger charge is -2.28. The van der Waals surface area contributed by atoms with Gasteiger partial charge in [0.15, 0.2) is 0 Å². The van der Waals surface area contributed by atoms with Gasteiger partial charge < -0.3 is 4.57 Å². The number of halogens is 3. The molecule has 6 nitrogen and oxygen atoms in total. The minimum absolute atomic E-state index is 0.0623. The molecule has 1 aliphatic heterocycles. The largest absolute Gasteiger partial charge is 0.418 e. The zero-order valence-corrected chi connectivity index (χ0v) is 19.2. The second kappa shape index (κ2) is 8.90. The van der Waals surface area contributed by atoms with Gasteiger partial charge in [-0.25, -0.2) is 9.69 Å². The fraction of sp³-hybridized carbons (Fsp3) is 0.192. The van der Waals surface area contributed by atoms with Crippen molar-refractivity contribution >= 4 is 29.6 Å². The molecule has 2 aromatic carbocycles. The first-order chi connectivity index (χ1) is 16.5. The maximum Gasteiger partial charge on any atom is 0.418 e. The second-order valence-electron chi connectivity index (χ2n) is 8.12. The normalized spacial score (nSPS) is 15.7. The number of anilines is 1. The van der Waals surface area contributed by atoms with E-state index in [1.54, 1.807) is 44.2 Å². The third kappa shape index (κ3) is 4.25. The number of rotatable bonds is 4. The summed E-state index contributed by atoms with van der Waals surface area (Å²) in [5, 5.41) is 2.18. The maximum atomic E-state index is 13.6. The van der Waals surface area contributed by atoms with Crippen LogP contribution in [0.3, 0.4) is 0 Å². The highest BCUT2D eigenvalue weighted by Crippen LogP contribution is 2.36. The number of hydrogen-bond acceptors (Lipinski definition) is 3. The van der Waals surface area contributed by atoms with Crippen LogP contribution in [0.5, 0.6) is 0 Å². The summed E-state index contributed by atoms with van der Waals surface area (Å²) in [4.78, 5) is 39.4. The molecule has 4 rings (SSSR count). The molecule has 1 aromatic heterocycles. The third-order valence-electron chi connectivity index (χ3n) is 5.94. The van der Waals surface area contributed by atoms with Crippen LogP contribution in [0.25, 0.3) is 11.8 Å². The molecule has 9 heteroatoms. The first-order valence-corrected chi connectivity index (χ1v) is 10.9. The second-order valence-corrected chi connectivity index (χ2v) is 8.12. The van der Waals surface area contributed by atoms with Crippen LogP contribution in [0.15, 0.2) is 60.2 Å². The number of aryl methyl sites for hydroxylation is 2. The van der Waals surface area contributed by atoms with Crippen LogP contribution < -0.4 is 10.2 Å². The Kier molecular flexibility index (Phi) is 6.10. The zero-order chi connectivity index (χ0) is 25.5. The van der Waals surface area contributed by atoms with Crippen molar-refractivity contribution in [2.24, 2.45) is 0 Å². The molecule has 0 unspecified atom stereocenters. The average molecular weight is 481 g/mol. The molecule has 0 aliphatic carbocycles. The first kappa shape index (κ1) is 24.0. The van der Waals surface area contributed by atoms with Gasteiger partial charge >= 0.3 is 12.2 Å². The van der Waals surface area contributed by atoms with Crippen LogP contribution in [0, 0.1) is 13.8 Å². The number of barbiturate groups is 1. The Morgan fingerprint density at radius 3 is 2.23 bits per heavy atom. The number of aromatic nitrogens is 1. The summed E-state index contributed by atoms with van der Waals surface area (Å²) in [6, 6.07) is 12.8. The topological polar surface area (TPSA) is 71.4 Å². The maximum absolute atomic E-state index is 13.6. The van der Waals surface area contributed by atoms with E-state index in [9.17, 15) is 27.6 Å². The lowest BCUT2D eigenvalue weighted by atomic mass is 10.0. The van der Waals surface area contributed by atoms with Crippen LogP contribution in [-0.4, -0.2) is 22.4 Å². The Balaban J connectivity index is 1.81. The number of urea groups is 1. The Morgan fingerprint density at radius 1 is 0.943 bits per heavy atom. The van der Waals surface area contributed by atoms with Gasteiger partial charge in [0.1, 0.15) is 5.57 Å². The summed E-state index contributed by atoms with van der Waals surface area (Å²) in [5.74, 6) is -1.68. The molecule has 1 aliphatic rings. The molecule has 0 atom stereocenters. The highest BCUT2D eigenvalue weighted by molar-refractivity contribution is 6.39. The number of nitrogens with one attached hydrogen (secondary N) is 1. The number of amides is 4. The molecular formula is C26H22F3N3O3. The monoisotopic (exact) mass is 481 g/mol. The Labute approximate surface area is 199 Å². The van der Waals surface area contributed by atoms with Gasteiger partial charge in [0, 0.05) is 11.4 Å². The van der Waals surface area contributed by atoms with E-state index >= 15 is 0 Å². The van der Waals surface area contributed by atoms with E-state index in [-0.39, 0.29) is 11.3 Å². The molecule has 0 spiro atoms. The van der Waals surface area contributed by atoms with Crippen LogP contribution >= 0.6 is 0 Å². The van der Waals surface area contributed by atoms with Crippen molar-refractivity contribution < 1.29 is 27.6 Å². The number of nitrogens with zero attached hydrogens (tertiary/aromatic N) is 2. The fourth-order valence-electron chi connectivity index (χ4n) is 4.27. The van der Waals surface area contributed by atoms with Gasteiger partial charge in [0.05, 0.1) is 16.9 Å². The molecule has 0 bridgehead atoms. The molecule has 180 valence electrons. The van der Waals surface area contributed by atoms with Gasteiger partial charge in [-0.1, -0.05) is 37.3 Å². The van der Waals surface area contributed by atoms with E-state index in [0.29, 0.717) is 29.1 Å². The summed E-state index contributed by atoms with van der Waals surface area (Å²) >= 11 is 0. The zero-order valence-electron chi connectivity index (χ0n) is 19.2. The van der Waals surface area contributed by atoms with Gasteiger partial charge in [-0.05, 0) is 61.7 Å². The quantitative estimate of drug-likeness (QED) is 0.404. The molecule has 35 heavy (non-hydrogen) atoms. The molecule has 2 heterocycles. The predicted molar refractivity (Wildman–Crippen MR) is 125 cm³/mol. The Bertz CT molecular complexity index is 1390. The minimum Gasteiger partial charge on any atom is -0.317 e. The fourth-order valence-corrected chi connectivity index (χ4v) is 4.27. The summed E-state index contributed by atoms with van der Waals surface area (Å²) < 4.78 is 42.3. The van der Waals surface area contributed by atoms with E-state index in [4.69, 9.17) is 0 Å². The summed E-state index contributed by atoms with van der Waals surface area (Å²) in [7, 11) is 0. The summed E-state index contributed by atoms with van der Waals surface area (Å²) in [5.41, 5.74) is 1.22. The molecule has 0 radical (unpaired) electrons. The number of para-hydroxylation sites is 2. The SMILES string of the molecule is CCc1ccccc1N1C(=O)NC(=O)/C(=C\c2cc(C)n(-c3ccccc3C(F)(F)F)c2C)C1=O. The number of imide groups is 2. The first-order valence-electron chi connectivity index (χ1n) is 10.9. The lowest BCUT2D eigenvalue weighted by Crippen LogP contribution is -2.54.